The van der Waals surface area contributed by atoms with Crippen molar-refractivity contribution < 1.29 is 9.26 Å². The summed E-state index contributed by atoms with van der Waals surface area (Å²) in [5.41, 5.74) is 1.02. The second-order valence-corrected chi connectivity index (χ2v) is 8.36. The Morgan fingerprint density at radius 3 is 2.66 bits per heavy atom. The fourth-order valence-electron chi connectivity index (χ4n) is 4.26. The third kappa shape index (κ3) is 7.63. The predicted octanol–water partition coefficient (Wildman–Crippen LogP) is 3.20. The molecule has 1 aromatic heterocycles. The largest absolute Gasteiger partial charge is 0.378 e. The van der Waals surface area contributed by atoms with E-state index in [1.165, 1.54) is 44.9 Å². The predicted molar refractivity (Wildman–Crippen MR) is 116 cm³/mol. The first kappa shape index (κ1) is 22.1. The van der Waals surface area contributed by atoms with Crippen LogP contribution in [0, 0.1) is 6.92 Å². The van der Waals surface area contributed by atoms with E-state index in [9.17, 15) is 0 Å². The molecule has 1 saturated heterocycles. The van der Waals surface area contributed by atoms with Crippen LogP contribution in [0.3, 0.4) is 0 Å². The summed E-state index contributed by atoms with van der Waals surface area (Å²) in [7, 11) is 1.88. The van der Waals surface area contributed by atoms with E-state index in [0.717, 1.165) is 69.7 Å². The van der Waals surface area contributed by atoms with Crippen molar-refractivity contribution in [2.45, 2.75) is 70.9 Å². The molecule has 1 aliphatic heterocycles. The van der Waals surface area contributed by atoms with Gasteiger partial charge in [0, 0.05) is 59.0 Å². The number of piperazine rings is 1. The molecule has 3 rings (SSSR count). The molecule has 2 aliphatic rings. The molecule has 0 atom stereocenters. The van der Waals surface area contributed by atoms with Crippen LogP contribution in [0.5, 0.6) is 0 Å². The minimum absolute atomic E-state index is 0.535. The highest BCUT2D eigenvalue weighted by atomic mass is 16.5. The van der Waals surface area contributed by atoms with Gasteiger partial charge in [0.25, 0.3) is 0 Å². The molecule has 0 unspecified atom stereocenters. The maximum Gasteiger partial charge on any atom is 0.193 e. The fraction of sp³-hybridized carbons (Fsp3) is 0.818. The topological polar surface area (TPSA) is 66.1 Å². The number of unbranched alkanes of at least 4 members (excludes halogenated alkanes) is 2. The second kappa shape index (κ2) is 12.2. The number of nitrogens with zero attached hydrogens (tertiary/aromatic N) is 4. The Morgan fingerprint density at radius 1 is 1.17 bits per heavy atom. The number of aryl methyl sites for hydroxylation is 1. The quantitative estimate of drug-likeness (QED) is 0.387. The first-order valence-electron chi connectivity index (χ1n) is 11.5. The van der Waals surface area contributed by atoms with Gasteiger partial charge in [-0.05, 0) is 39.0 Å². The molecule has 2 fully saturated rings. The van der Waals surface area contributed by atoms with Crippen molar-refractivity contribution in [3.63, 3.8) is 0 Å². The lowest BCUT2D eigenvalue weighted by Gasteiger charge is -2.36. The van der Waals surface area contributed by atoms with Crippen LogP contribution in [-0.4, -0.2) is 73.4 Å². The first-order chi connectivity index (χ1) is 14.2. The molecular formula is C22H39N5O2. The third-order valence-electron chi connectivity index (χ3n) is 5.96. The fourth-order valence-corrected chi connectivity index (χ4v) is 4.26. The summed E-state index contributed by atoms with van der Waals surface area (Å²) in [6.45, 7) is 8.72. The smallest absolute Gasteiger partial charge is 0.193 e. The van der Waals surface area contributed by atoms with Crippen molar-refractivity contribution in [1.82, 2.24) is 20.3 Å². The molecule has 0 radical (unpaired) electrons. The normalized spacial score (nSPS) is 19.7. The number of rotatable bonds is 9. The number of guanidine groups is 1. The lowest BCUT2D eigenvalue weighted by Crippen LogP contribution is -2.52. The molecule has 1 N–H and O–H groups in total. The minimum Gasteiger partial charge on any atom is -0.378 e. The van der Waals surface area contributed by atoms with E-state index in [0.29, 0.717) is 6.10 Å². The number of aliphatic imine (C=N–C) groups is 1. The molecule has 2 heterocycles. The van der Waals surface area contributed by atoms with E-state index in [-0.39, 0.29) is 0 Å². The lowest BCUT2D eigenvalue weighted by molar-refractivity contribution is 0.0264. The van der Waals surface area contributed by atoms with Crippen molar-refractivity contribution in [2.24, 2.45) is 4.99 Å². The Labute approximate surface area is 175 Å². The second-order valence-electron chi connectivity index (χ2n) is 8.36. The standard InChI is InChI=1S/C22H39N5O2/c1-19-17-20(25-29-19)18-26-12-14-27(15-13-26)22(23-2)24-11-7-4-8-16-28-21-9-5-3-6-10-21/h17,21H,3-16,18H2,1-2H3,(H,23,24). The Morgan fingerprint density at radius 2 is 1.97 bits per heavy atom. The Kier molecular flexibility index (Phi) is 9.28. The van der Waals surface area contributed by atoms with Crippen LogP contribution in [0.4, 0.5) is 0 Å². The maximum absolute atomic E-state index is 6.01. The molecular weight excluding hydrogens is 366 g/mol. The van der Waals surface area contributed by atoms with Crippen molar-refractivity contribution in [3.8, 4) is 0 Å². The lowest BCUT2D eigenvalue weighted by atomic mass is 9.98. The van der Waals surface area contributed by atoms with Gasteiger partial charge in [0.1, 0.15) is 5.76 Å². The summed E-state index contributed by atoms with van der Waals surface area (Å²) in [5.74, 6) is 1.91. The molecule has 7 heteroatoms. The van der Waals surface area contributed by atoms with Crippen LogP contribution in [0.1, 0.15) is 62.8 Å². The summed E-state index contributed by atoms with van der Waals surface area (Å²) in [6.07, 6.45) is 10.7. The van der Waals surface area contributed by atoms with Crippen LogP contribution in [0.2, 0.25) is 0 Å². The van der Waals surface area contributed by atoms with Gasteiger partial charge in [-0.25, -0.2) is 0 Å². The maximum atomic E-state index is 6.01. The summed E-state index contributed by atoms with van der Waals surface area (Å²) in [6, 6.07) is 2.02. The molecule has 0 amide bonds. The van der Waals surface area contributed by atoms with E-state index in [1.807, 2.05) is 20.0 Å². The van der Waals surface area contributed by atoms with Gasteiger partial charge in [0.15, 0.2) is 5.96 Å². The van der Waals surface area contributed by atoms with Gasteiger partial charge in [0.05, 0.1) is 11.8 Å². The van der Waals surface area contributed by atoms with Gasteiger partial charge in [-0.1, -0.05) is 24.4 Å². The Balaban J connectivity index is 1.24. The molecule has 1 saturated carbocycles. The van der Waals surface area contributed by atoms with Gasteiger partial charge in [-0.15, -0.1) is 0 Å². The average Bonchev–Trinajstić information content (AvgIpc) is 3.16. The van der Waals surface area contributed by atoms with Gasteiger partial charge in [-0.3, -0.25) is 9.89 Å². The molecule has 7 nitrogen and oxygen atoms in total. The average molecular weight is 406 g/mol. The van der Waals surface area contributed by atoms with Gasteiger partial charge >= 0.3 is 0 Å². The highest BCUT2D eigenvalue weighted by Gasteiger charge is 2.20. The summed E-state index contributed by atoms with van der Waals surface area (Å²) >= 11 is 0. The molecule has 0 spiro atoms. The molecule has 1 aliphatic carbocycles. The van der Waals surface area contributed by atoms with E-state index >= 15 is 0 Å². The Bertz CT molecular complexity index is 604. The monoisotopic (exact) mass is 405 g/mol. The number of hydrogen-bond donors (Lipinski definition) is 1. The van der Waals surface area contributed by atoms with Crippen molar-refractivity contribution >= 4 is 5.96 Å². The van der Waals surface area contributed by atoms with Crippen LogP contribution in [-0.2, 0) is 11.3 Å². The highest BCUT2D eigenvalue weighted by Crippen LogP contribution is 2.20. The van der Waals surface area contributed by atoms with Gasteiger partial charge in [-0.2, -0.15) is 0 Å². The van der Waals surface area contributed by atoms with Gasteiger partial charge < -0.3 is 19.5 Å². The van der Waals surface area contributed by atoms with Gasteiger partial charge in [0.2, 0.25) is 0 Å². The molecule has 0 aromatic carbocycles. The number of hydrogen-bond acceptors (Lipinski definition) is 5. The zero-order valence-corrected chi connectivity index (χ0v) is 18.4. The third-order valence-corrected chi connectivity index (χ3v) is 5.96. The molecule has 29 heavy (non-hydrogen) atoms. The zero-order valence-electron chi connectivity index (χ0n) is 18.4. The molecule has 1 aromatic rings. The minimum atomic E-state index is 0.535. The summed E-state index contributed by atoms with van der Waals surface area (Å²) < 4.78 is 11.2. The van der Waals surface area contributed by atoms with Crippen LogP contribution >= 0.6 is 0 Å². The van der Waals surface area contributed by atoms with Crippen molar-refractivity contribution in [1.29, 1.82) is 0 Å². The van der Waals surface area contributed by atoms with E-state index in [4.69, 9.17) is 9.26 Å². The summed E-state index contributed by atoms with van der Waals surface area (Å²) in [4.78, 5) is 9.26. The van der Waals surface area contributed by atoms with Crippen LogP contribution in [0.15, 0.2) is 15.6 Å². The first-order valence-corrected chi connectivity index (χ1v) is 11.5. The summed E-state index contributed by atoms with van der Waals surface area (Å²) in [5, 5.41) is 7.64. The SMILES string of the molecule is CN=C(NCCCCCOC1CCCCC1)N1CCN(Cc2cc(C)on2)CC1. The zero-order chi connectivity index (χ0) is 20.3. The van der Waals surface area contributed by atoms with Crippen molar-refractivity contribution in [3.05, 3.63) is 17.5 Å². The van der Waals surface area contributed by atoms with E-state index < -0.39 is 0 Å². The molecule has 164 valence electrons. The number of ether oxygens (including phenoxy) is 1. The Hall–Kier alpha value is -1.60. The van der Waals surface area contributed by atoms with E-state index in [2.05, 4.69) is 25.3 Å². The van der Waals surface area contributed by atoms with Crippen LogP contribution < -0.4 is 5.32 Å². The van der Waals surface area contributed by atoms with Crippen molar-refractivity contribution in [2.75, 3.05) is 46.4 Å². The highest BCUT2D eigenvalue weighted by molar-refractivity contribution is 5.79. The number of nitrogens with one attached hydrogen (secondary N) is 1. The van der Waals surface area contributed by atoms with Crippen LogP contribution in [0.25, 0.3) is 0 Å². The van der Waals surface area contributed by atoms with E-state index in [1.54, 1.807) is 0 Å². The number of aromatic nitrogens is 1. The molecule has 0 bridgehead atoms.